The van der Waals surface area contributed by atoms with Gasteiger partial charge < -0.3 is 20.5 Å². The van der Waals surface area contributed by atoms with Gasteiger partial charge in [0.2, 0.25) is 5.91 Å². The first-order valence-electron chi connectivity index (χ1n) is 6.90. The summed E-state index contributed by atoms with van der Waals surface area (Å²) in [6, 6.07) is 7.54. The van der Waals surface area contributed by atoms with Crippen LogP contribution in [0.3, 0.4) is 0 Å². The Morgan fingerprint density at radius 1 is 1.36 bits per heavy atom. The Labute approximate surface area is 133 Å². The van der Waals surface area contributed by atoms with Crippen LogP contribution in [0, 0.1) is 0 Å². The van der Waals surface area contributed by atoms with E-state index in [4.69, 9.17) is 15.2 Å². The number of nitrogens with one attached hydrogen (secondary N) is 1. The van der Waals surface area contributed by atoms with Crippen molar-refractivity contribution in [2.75, 3.05) is 25.8 Å². The van der Waals surface area contributed by atoms with Crippen molar-refractivity contribution in [1.29, 1.82) is 0 Å². The molecule has 0 aliphatic rings. The van der Waals surface area contributed by atoms with Crippen molar-refractivity contribution in [1.82, 2.24) is 4.98 Å². The zero-order valence-electron chi connectivity index (χ0n) is 12.4. The number of carbonyl (C=O) groups is 1. The summed E-state index contributed by atoms with van der Waals surface area (Å²) in [5.74, 6) is 0.672. The predicted octanol–water partition coefficient (Wildman–Crippen LogP) is 2.47. The molecule has 0 bridgehead atoms. The molecule has 1 aromatic carbocycles. The highest BCUT2D eigenvalue weighted by atomic mass is 32.1. The number of nitrogens with two attached hydrogens (primary N) is 1. The van der Waals surface area contributed by atoms with Gasteiger partial charge in [-0.25, -0.2) is 4.98 Å². The van der Waals surface area contributed by atoms with Gasteiger partial charge in [0.15, 0.2) is 11.9 Å². The lowest BCUT2D eigenvalue weighted by Gasteiger charge is -2.04. The molecule has 0 radical (unpaired) electrons. The highest BCUT2D eigenvalue weighted by Crippen LogP contribution is 2.26. The van der Waals surface area contributed by atoms with E-state index in [0.717, 1.165) is 17.0 Å². The molecular formula is C15H19N3O3S. The van der Waals surface area contributed by atoms with Crippen LogP contribution < -0.4 is 15.8 Å². The van der Waals surface area contributed by atoms with Gasteiger partial charge in [0.05, 0.1) is 5.69 Å². The Morgan fingerprint density at radius 3 is 2.82 bits per heavy atom. The van der Waals surface area contributed by atoms with Gasteiger partial charge in [0.25, 0.3) is 0 Å². The van der Waals surface area contributed by atoms with Crippen LogP contribution in [0.1, 0.15) is 12.8 Å². The standard InChI is InChI=1S/C15H19N3O3S/c1-20-10-21-12-6-4-11(5-7-12)13-9-22-15(17-13)18-14(19)3-2-8-16/h4-7,9H,2-3,8,10,16H2,1H3,(H,17,18,19). The average Bonchev–Trinajstić information content (AvgIpc) is 3.00. The third kappa shape index (κ3) is 4.80. The number of hydrogen-bond acceptors (Lipinski definition) is 6. The molecule has 0 unspecified atom stereocenters. The van der Waals surface area contributed by atoms with Crippen LogP contribution in [0.15, 0.2) is 29.6 Å². The van der Waals surface area contributed by atoms with Crippen LogP contribution in [0.5, 0.6) is 5.75 Å². The Bertz CT molecular complexity index is 598. The maximum absolute atomic E-state index is 11.6. The number of thiazole rings is 1. The van der Waals surface area contributed by atoms with Crippen molar-refractivity contribution in [3.8, 4) is 17.0 Å². The molecule has 0 saturated heterocycles. The predicted molar refractivity (Wildman–Crippen MR) is 87.0 cm³/mol. The molecule has 2 aromatic rings. The number of anilines is 1. The van der Waals surface area contributed by atoms with E-state index < -0.39 is 0 Å². The topological polar surface area (TPSA) is 86.5 Å². The van der Waals surface area contributed by atoms with E-state index in [1.54, 1.807) is 7.11 Å². The SMILES string of the molecule is COCOc1ccc(-c2csc(NC(=O)CCCN)n2)cc1. The minimum absolute atomic E-state index is 0.0605. The number of nitrogens with zero attached hydrogens (tertiary/aromatic N) is 1. The second-order valence-corrected chi connectivity index (χ2v) is 5.41. The van der Waals surface area contributed by atoms with E-state index >= 15 is 0 Å². The molecule has 7 heteroatoms. The van der Waals surface area contributed by atoms with E-state index in [9.17, 15) is 4.79 Å². The molecule has 118 valence electrons. The zero-order chi connectivity index (χ0) is 15.8. The van der Waals surface area contributed by atoms with Crippen molar-refractivity contribution in [3.63, 3.8) is 0 Å². The number of aromatic nitrogens is 1. The van der Waals surface area contributed by atoms with Gasteiger partial charge in [-0.15, -0.1) is 11.3 Å². The molecule has 22 heavy (non-hydrogen) atoms. The van der Waals surface area contributed by atoms with Gasteiger partial charge in [0, 0.05) is 24.5 Å². The molecule has 0 fully saturated rings. The van der Waals surface area contributed by atoms with E-state index in [1.807, 2.05) is 29.6 Å². The summed E-state index contributed by atoms with van der Waals surface area (Å²) in [6.07, 6.45) is 1.09. The van der Waals surface area contributed by atoms with Gasteiger partial charge in [-0.3, -0.25) is 4.79 Å². The fraction of sp³-hybridized carbons (Fsp3) is 0.333. The van der Waals surface area contributed by atoms with E-state index in [2.05, 4.69) is 10.3 Å². The zero-order valence-corrected chi connectivity index (χ0v) is 13.2. The number of benzene rings is 1. The Hall–Kier alpha value is -1.96. The first kappa shape index (κ1) is 16.4. The van der Waals surface area contributed by atoms with Gasteiger partial charge in [-0.2, -0.15) is 0 Å². The lowest BCUT2D eigenvalue weighted by atomic mass is 10.2. The minimum Gasteiger partial charge on any atom is -0.468 e. The molecule has 0 atom stereocenters. The molecule has 6 nitrogen and oxygen atoms in total. The van der Waals surface area contributed by atoms with E-state index in [1.165, 1.54) is 11.3 Å². The first-order chi connectivity index (χ1) is 10.7. The molecule has 1 heterocycles. The van der Waals surface area contributed by atoms with Crippen LogP contribution in [-0.2, 0) is 9.53 Å². The highest BCUT2D eigenvalue weighted by Gasteiger charge is 2.08. The molecule has 1 amide bonds. The average molecular weight is 321 g/mol. The number of methoxy groups -OCH3 is 1. The summed E-state index contributed by atoms with van der Waals surface area (Å²) in [5, 5.41) is 5.28. The molecule has 0 saturated carbocycles. The fourth-order valence-electron chi connectivity index (χ4n) is 1.76. The van der Waals surface area contributed by atoms with Crippen molar-refractivity contribution in [3.05, 3.63) is 29.6 Å². The summed E-state index contributed by atoms with van der Waals surface area (Å²) in [5.41, 5.74) is 7.16. The maximum atomic E-state index is 11.6. The van der Waals surface area contributed by atoms with Gasteiger partial charge in [-0.1, -0.05) is 0 Å². The van der Waals surface area contributed by atoms with Crippen molar-refractivity contribution < 1.29 is 14.3 Å². The van der Waals surface area contributed by atoms with Crippen LogP contribution in [0.4, 0.5) is 5.13 Å². The lowest BCUT2D eigenvalue weighted by Crippen LogP contribution is -2.13. The number of ether oxygens (including phenoxy) is 2. The lowest BCUT2D eigenvalue weighted by molar-refractivity contribution is -0.116. The summed E-state index contributed by atoms with van der Waals surface area (Å²) in [4.78, 5) is 16.0. The molecule has 0 aliphatic heterocycles. The second-order valence-electron chi connectivity index (χ2n) is 4.55. The van der Waals surface area contributed by atoms with E-state index in [0.29, 0.717) is 24.5 Å². The monoisotopic (exact) mass is 321 g/mol. The van der Waals surface area contributed by atoms with Crippen LogP contribution >= 0.6 is 11.3 Å². The fourth-order valence-corrected chi connectivity index (χ4v) is 2.49. The summed E-state index contributed by atoms with van der Waals surface area (Å²) >= 11 is 1.40. The minimum atomic E-state index is -0.0605. The largest absolute Gasteiger partial charge is 0.468 e. The van der Waals surface area contributed by atoms with Crippen molar-refractivity contribution in [2.24, 2.45) is 5.73 Å². The molecule has 2 rings (SSSR count). The Balaban J connectivity index is 1.97. The molecular weight excluding hydrogens is 302 g/mol. The van der Waals surface area contributed by atoms with Gasteiger partial charge in [-0.05, 0) is 37.2 Å². The number of rotatable bonds is 8. The Morgan fingerprint density at radius 2 is 2.14 bits per heavy atom. The number of amides is 1. The second kappa shape index (κ2) is 8.47. The van der Waals surface area contributed by atoms with Gasteiger partial charge >= 0.3 is 0 Å². The third-order valence-electron chi connectivity index (χ3n) is 2.85. The Kier molecular flexibility index (Phi) is 6.32. The van der Waals surface area contributed by atoms with E-state index in [-0.39, 0.29) is 12.7 Å². The van der Waals surface area contributed by atoms with Crippen LogP contribution in [0.25, 0.3) is 11.3 Å². The molecule has 3 N–H and O–H groups in total. The van der Waals surface area contributed by atoms with Gasteiger partial charge in [0.1, 0.15) is 5.75 Å². The number of carbonyl (C=O) groups excluding carboxylic acids is 1. The van der Waals surface area contributed by atoms with Crippen LogP contribution in [0.2, 0.25) is 0 Å². The normalized spacial score (nSPS) is 10.5. The summed E-state index contributed by atoms with van der Waals surface area (Å²) in [7, 11) is 1.58. The number of hydrogen-bond donors (Lipinski definition) is 2. The maximum Gasteiger partial charge on any atom is 0.226 e. The summed E-state index contributed by atoms with van der Waals surface area (Å²) in [6.45, 7) is 0.725. The van der Waals surface area contributed by atoms with Crippen molar-refractivity contribution in [2.45, 2.75) is 12.8 Å². The smallest absolute Gasteiger partial charge is 0.226 e. The van der Waals surface area contributed by atoms with Crippen LogP contribution in [-0.4, -0.2) is 31.3 Å². The highest BCUT2D eigenvalue weighted by molar-refractivity contribution is 7.14. The summed E-state index contributed by atoms with van der Waals surface area (Å²) < 4.78 is 10.2. The first-order valence-corrected chi connectivity index (χ1v) is 7.78. The third-order valence-corrected chi connectivity index (χ3v) is 3.61. The molecule has 0 spiro atoms. The van der Waals surface area contributed by atoms with Crippen molar-refractivity contribution >= 4 is 22.4 Å². The molecule has 0 aliphatic carbocycles. The quantitative estimate of drug-likeness (QED) is 0.729. The molecule has 1 aromatic heterocycles.